The molecular weight excluding hydrogens is 296 g/mol. The van der Waals surface area contributed by atoms with Gasteiger partial charge in [-0.15, -0.1) is 5.06 Å². The summed E-state index contributed by atoms with van der Waals surface area (Å²) in [4.78, 5) is 25.4. The average molecular weight is 318 g/mol. The Morgan fingerprint density at radius 3 is 2.65 bits per heavy atom. The third kappa shape index (κ3) is 4.53. The van der Waals surface area contributed by atoms with E-state index in [2.05, 4.69) is 15.3 Å². The highest BCUT2D eigenvalue weighted by Gasteiger charge is 2.28. The zero-order valence-corrected chi connectivity index (χ0v) is 13.7. The molecule has 3 N–H and O–H groups in total. The van der Waals surface area contributed by atoms with Gasteiger partial charge in [0, 0.05) is 19.1 Å². The first-order valence-corrected chi connectivity index (χ1v) is 7.56. The zero-order chi connectivity index (χ0) is 17.0. The topological polar surface area (TPSA) is 117 Å². The number of piperidine rings is 1. The van der Waals surface area contributed by atoms with Gasteiger partial charge in [-0.2, -0.15) is 10.2 Å². The highest BCUT2D eigenvalue weighted by molar-refractivity contribution is 5.75. The summed E-state index contributed by atoms with van der Waals surface area (Å²) < 4.78 is 0. The third-order valence-electron chi connectivity index (χ3n) is 3.55. The van der Waals surface area contributed by atoms with E-state index in [9.17, 15) is 4.79 Å². The van der Waals surface area contributed by atoms with Gasteiger partial charge in [0.2, 0.25) is 5.95 Å². The first kappa shape index (κ1) is 17.0. The number of hydrogen-bond donors (Lipinski definition) is 2. The van der Waals surface area contributed by atoms with Gasteiger partial charge in [0.15, 0.2) is 0 Å². The van der Waals surface area contributed by atoms with Crippen LogP contribution in [0.3, 0.4) is 0 Å². The van der Waals surface area contributed by atoms with E-state index >= 15 is 0 Å². The molecule has 23 heavy (non-hydrogen) atoms. The molecule has 0 saturated carbocycles. The fourth-order valence-electron chi connectivity index (χ4n) is 2.08. The standard InChI is InChI=1S/C15H22N6O2/c1-15(2,3)13(22)23-21-6-4-11(5-7-21)19-14-18-9-10(8-16)12(17)20-14/h9,11H,4-7H2,1-3H3,(H3,17,18,19,20). The number of nitriles is 1. The van der Waals surface area contributed by atoms with Crippen molar-refractivity contribution < 1.29 is 9.63 Å². The van der Waals surface area contributed by atoms with Crippen molar-refractivity contribution in [3.8, 4) is 6.07 Å². The second-order valence-corrected chi connectivity index (χ2v) is 6.58. The Hall–Kier alpha value is -2.40. The van der Waals surface area contributed by atoms with Gasteiger partial charge in [0.1, 0.15) is 17.5 Å². The lowest BCUT2D eigenvalue weighted by atomic mass is 9.98. The zero-order valence-electron chi connectivity index (χ0n) is 13.7. The van der Waals surface area contributed by atoms with Crippen molar-refractivity contribution in [2.75, 3.05) is 24.1 Å². The molecule has 0 unspecified atom stereocenters. The molecular formula is C15H22N6O2. The molecule has 0 aromatic carbocycles. The van der Waals surface area contributed by atoms with E-state index in [4.69, 9.17) is 15.8 Å². The van der Waals surface area contributed by atoms with Crippen LogP contribution in [0.25, 0.3) is 0 Å². The molecule has 8 nitrogen and oxygen atoms in total. The first-order chi connectivity index (χ1) is 10.8. The lowest BCUT2D eigenvalue weighted by molar-refractivity contribution is -0.204. The summed E-state index contributed by atoms with van der Waals surface area (Å²) in [6.07, 6.45) is 2.99. The van der Waals surface area contributed by atoms with Crippen LogP contribution in [0.5, 0.6) is 0 Å². The number of nitrogens with one attached hydrogen (secondary N) is 1. The normalized spacial score (nSPS) is 16.6. The maximum atomic E-state index is 11.9. The summed E-state index contributed by atoms with van der Waals surface area (Å²) in [6.45, 7) is 6.78. The number of nitrogen functional groups attached to an aromatic ring is 1. The van der Waals surface area contributed by atoms with Crippen molar-refractivity contribution in [2.24, 2.45) is 5.41 Å². The molecule has 2 rings (SSSR count). The Labute approximate surface area is 135 Å². The van der Waals surface area contributed by atoms with Gasteiger partial charge in [-0.1, -0.05) is 0 Å². The Kier molecular flexibility index (Phi) is 5.01. The maximum Gasteiger partial charge on any atom is 0.330 e. The van der Waals surface area contributed by atoms with Crippen molar-refractivity contribution in [1.82, 2.24) is 15.0 Å². The SMILES string of the molecule is CC(C)(C)C(=O)ON1CCC(Nc2ncc(C#N)c(N)n2)CC1. The number of anilines is 2. The van der Waals surface area contributed by atoms with E-state index in [1.54, 1.807) is 5.06 Å². The summed E-state index contributed by atoms with van der Waals surface area (Å²) in [5.74, 6) is 0.347. The molecule has 0 radical (unpaired) electrons. The van der Waals surface area contributed by atoms with E-state index in [-0.39, 0.29) is 23.4 Å². The van der Waals surface area contributed by atoms with Gasteiger partial charge in [-0.05, 0) is 33.6 Å². The van der Waals surface area contributed by atoms with Crippen LogP contribution >= 0.6 is 0 Å². The van der Waals surface area contributed by atoms with E-state index in [1.165, 1.54) is 6.20 Å². The molecule has 124 valence electrons. The third-order valence-corrected chi connectivity index (χ3v) is 3.55. The quantitative estimate of drug-likeness (QED) is 0.856. The van der Waals surface area contributed by atoms with Crippen LogP contribution in [0.1, 0.15) is 39.2 Å². The second-order valence-electron chi connectivity index (χ2n) is 6.58. The average Bonchev–Trinajstić information content (AvgIpc) is 2.48. The summed E-state index contributed by atoms with van der Waals surface area (Å²) in [5, 5.41) is 13.7. The largest absolute Gasteiger partial charge is 0.382 e. The van der Waals surface area contributed by atoms with Gasteiger partial charge in [-0.3, -0.25) is 0 Å². The smallest absolute Gasteiger partial charge is 0.330 e. The van der Waals surface area contributed by atoms with Crippen molar-refractivity contribution >= 4 is 17.7 Å². The minimum atomic E-state index is -0.511. The number of hydroxylamine groups is 2. The Morgan fingerprint density at radius 1 is 1.48 bits per heavy atom. The molecule has 1 aromatic rings. The fourth-order valence-corrected chi connectivity index (χ4v) is 2.08. The van der Waals surface area contributed by atoms with Crippen LogP contribution in [0, 0.1) is 16.7 Å². The highest BCUT2D eigenvalue weighted by Crippen LogP contribution is 2.20. The number of aromatic nitrogens is 2. The van der Waals surface area contributed by atoms with Crippen LogP contribution < -0.4 is 11.1 Å². The molecule has 0 bridgehead atoms. The number of nitrogens with two attached hydrogens (primary N) is 1. The van der Waals surface area contributed by atoms with Crippen LogP contribution in [-0.2, 0) is 9.63 Å². The van der Waals surface area contributed by atoms with E-state index in [1.807, 2.05) is 26.8 Å². The summed E-state index contributed by atoms with van der Waals surface area (Å²) in [6, 6.07) is 2.10. The number of hydrogen-bond acceptors (Lipinski definition) is 8. The minimum Gasteiger partial charge on any atom is -0.382 e. The molecule has 1 aliphatic heterocycles. The highest BCUT2D eigenvalue weighted by atomic mass is 16.7. The molecule has 8 heteroatoms. The van der Waals surface area contributed by atoms with E-state index in [0.717, 1.165) is 12.8 Å². The molecule has 1 saturated heterocycles. The van der Waals surface area contributed by atoms with Crippen LogP contribution in [0.15, 0.2) is 6.20 Å². The Balaban J connectivity index is 1.84. The molecule has 0 spiro atoms. The van der Waals surface area contributed by atoms with Gasteiger partial charge in [-0.25, -0.2) is 9.78 Å². The number of carbonyl (C=O) groups excluding carboxylic acids is 1. The van der Waals surface area contributed by atoms with Crippen molar-refractivity contribution in [3.05, 3.63) is 11.8 Å². The summed E-state index contributed by atoms with van der Waals surface area (Å²) in [5.41, 5.74) is 5.43. The monoisotopic (exact) mass is 318 g/mol. The molecule has 1 aliphatic rings. The molecule has 0 amide bonds. The molecule has 0 atom stereocenters. The molecule has 0 aliphatic carbocycles. The Bertz CT molecular complexity index is 611. The number of rotatable bonds is 3. The number of carbonyl (C=O) groups is 1. The lowest BCUT2D eigenvalue weighted by Gasteiger charge is -2.32. The van der Waals surface area contributed by atoms with Gasteiger partial charge < -0.3 is 15.9 Å². The van der Waals surface area contributed by atoms with E-state index in [0.29, 0.717) is 19.0 Å². The minimum absolute atomic E-state index is 0.168. The van der Waals surface area contributed by atoms with Crippen LogP contribution in [-0.4, -0.2) is 40.1 Å². The van der Waals surface area contributed by atoms with Gasteiger partial charge in [0.05, 0.1) is 11.6 Å². The van der Waals surface area contributed by atoms with Crippen LogP contribution in [0.4, 0.5) is 11.8 Å². The summed E-state index contributed by atoms with van der Waals surface area (Å²) >= 11 is 0. The molecule has 2 heterocycles. The van der Waals surface area contributed by atoms with Crippen LogP contribution in [0.2, 0.25) is 0 Å². The van der Waals surface area contributed by atoms with E-state index < -0.39 is 5.41 Å². The Morgan fingerprint density at radius 2 is 2.13 bits per heavy atom. The summed E-state index contributed by atoms with van der Waals surface area (Å²) in [7, 11) is 0. The van der Waals surface area contributed by atoms with Gasteiger partial charge in [0.25, 0.3) is 0 Å². The van der Waals surface area contributed by atoms with Gasteiger partial charge >= 0.3 is 5.97 Å². The fraction of sp³-hybridized carbons (Fsp3) is 0.600. The lowest BCUT2D eigenvalue weighted by Crippen LogP contribution is -2.42. The predicted octanol–water partition coefficient (Wildman–Crippen LogP) is 1.31. The van der Waals surface area contributed by atoms with Crippen molar-refractivity contribution in [1.29, 1.82) is 5.26 Å². The molecule has 1 fully saturated rings. The van der Waals surface area contributed by atoms with Crippen molar-refractivity contribution in [2.45, 2.75) is 39.7 Å². The first-order valence-electron chi connectivity index (χ1n) is 7.56. The number of nitrogens with zero attached hydrogens (tertiary/aromatic N) is 4. The predicted molar refractivity (Wildman–Crippen MR) is 84.9 cm³/mol. The second kappa shape index (κ2) is 6.79. The maximum absolute atomic E-state index is 11.9. The van der Waals surface area contributed by atoms with Crippen molar-refractivity contribution in [3.63, 3.8) is 0 Å². The molecule has 1 aromatic heterocycles.